The molecular weight excluding hydrogens is 202 g/mol. The molecule has 0 amide bonds. The number of ether oxygens (including phenoxy) is 1. The van der Waals surface area contributed by atoms with Gasteiger partial charge in [0.25, 0.3) is 0 Å². The average molecular weight is 227 g/mol. The van der Waals surface area contributed by atoms with Gasteiger partial charge in [-0.25, -0.2) is 0 Å². The predicted molar refractivity (Wildman–Crippen MR) is 66.2 cm³/mol. The lowest BCUT2D eigenvalue weighted by atomic mass is 9.75. The molecule has 0 heterocycles. The molecule has 0 bridgehead atoms. The van der Waals surface area contributed by atoms with Crippen LogP contribution in [0, 0.1) is 11.3 Å². The summed E-state index contributed by atoms with van der Waals surface area (Å²) in [6.07, 6.45) is 4.72. The van der Waals surface area contributed by atoms with Gasteiger partial charge in [-0.1, -0.05) is 26.8 Å². The quantitative estimate of drug-likeness (QED) is 0.681. The maximum absolute atomic E-state index is 8.56. The normalized spacial score (nSPS) is 24.0. The molecule has 0 spiro atoms. The van der Waals surface area contributed by atoms with Crippen molar-refractivity contribution < 1.29 is 9.84 Å². The first-order valence-corrected chi connectivity index (χ1v) is 6.17. The molecule has 1 unspecified atom stereocenters. The molecule has 2 N–H and O–H groups in total. The Bertz CT molecular complexity index is 236. The largest absolute Gasteiger partial charge is 0.394 e. The highest BCUT2D eigenvalue weighted by Crippen LogP contribution is 2.36. The second-order valence-electron chi connectivity index (χ2n) is 5.48. The molecule has 3 nitrogen and oxygen atoms in total. The van der Waals surface area contributed by atoms with Gasteiger partial charge in [-0.2, -0.15) is 0 Å². The van der Waals surface area contributed by atoms with E-state index in [2.05, 4.69) is 32.2 Å². The lowest BCUT2D eigenvalue weighted by molar-refractivity contribution is 0.0944. The molecule has 1 aliphatic rings. The summed E-state index contributed by atoms with van der Waals surface area (Å²) in [7, 11) is 0. The Labute approximate surface area is 98.9 Å². The fourth-order valence-corrected chi connectivity index (χ4v) is 2.49. The summed E-state index contributed by atoms with van der Waals surface area (Å²) in [5.74, 6) is 0.657. The van der Waals surface area contributed by atoms with Gasteiger partial charge in [-0.05, 0) is 24.2 Å². The summed E-state index contributed by atoms with van der Waals surface area (Å²) in [6.45, 7) is 8.93. The summed E-state index contributed by atoms with van der Waals surface area (Å²) < 4.78 is 5.21. The Kier molecular flexibility index (Phi) is 5.29. The minimum atomic E-state index is 0.104. The Balaban J connectivity index is 2.26. The van der Waals surface area contributed by atoms with Crippen LogP contribution in [0.5, 0.6) is 0 Å². The Morgan fingerprint density at radius 2 is 2.25 bits per heavy atom. The van der Waals surface area contributed by atoms with Crippen LogP contribution in [0.2, 0.25) is 0 Å². The third-order valence-electron chi connectivity index (χ3n) is 2.86. The Morgan fingerprint density at radius 1 is 1.50 bits per heavy atom. The van der Waals surface area contributed by atoms with E-state index in [0.29, 0.717) is 24.5 Å². The van der Waals surface area contributed by atoms with Gasteiger partial charge in [-0.15, -0.1) is 0 Å². The third kappa shape index (κ3) is 4.99. The number of nitrogens with one attached hydrogen (secondary N) is 1. The zero-order chi connectivity index (χ0) is 12.0. The molecule has 1 atom stereocenters. The molecule has 0 fully saturated rings. The highest BCUT2D eigenvalue weighted by atomic mass is 16.5. The topological polar surface area (TPSA) is 41.5 Å². The van der Waals surface area contributed by atoms with Gasteiger partial charge in [0, 0.05) is 12.2 Å². The van der Waals surface area contributed by atoms with Crippen LogP contribution in [0.15, 0.2) is 11.8 Å². The smallest absolute Gasteiger partial charge is 0.0698 e. The van der Waals surface area contributed by atoms with Crippen molar-refractivity contribution in [2.24, 2.45) is 11.3 Å². The molecule has 0 aromatic carbocycles. The maximum Gasteiger partial charge on any atom is 0.0698 e. The molecular formula is C13H25NO2. The minimum absolute atomic E-state index is 0.104. The maximum atomic E-state index is 8.56. The van der Waals surface area contributed by atoms with Crippen molar-refractivity contribution in [1.82, 2.24) is 5.32 Å². The van der Waals surface area contributed by atoms with E-state index in [1.54, 1.807) is 0 Å². The number of hydrogen-bond acceptors (Lipinski definition) is 3. The molecule has 16 heavy (non-hydrogen) atoms. The lowest BCUT2D eigenvalue weighted by Gasteiger charge is -2.33. The second kappa shape index (κ2) is 6.26. The van der Waals surface area contributed by atoms with Crippen molar-refractivity contribution in [1.29, 1.82) is 0 Å². The highest BCUT2D eigenvalue weighted by molar-refractivity contribution is 5.09. The van der Waals surface area contributed by atoms with E-state index in [1.807, 2.05) is 0 Å². The van der Waals surface area contributed by atoms with Crippen LogP contribution in [0.4, 0.5) is 0 Å². The van der Waals surface area contributed by atoms with Crippen molar-refractivity contribution in [3.05, 3.63) is 11.8 Å². The summed E-state index contributed by atoms with van der Waals surface area (Å²) in [5, 5.41) is 12.0. The molecule has 1 rings (SSSR count). The SMILES string of the molecule is CC1C=C(NCCOCCO)CC(C)(C)C1. The van der Waals surface area contributed by atoms with Crippen LogP contribution in [-0.4, -0.2) is 31.5 Å². The van der Waals surface area contributed by atoms with Crippen molar-refractivity contribution in [2.75, 3.05) is 26.4 Å². The molecule has 94 valence electrons. The Morgan fingerprint density at radius 3 is 2.88 bits per heavy atom. The van der Waals surface area contributed by atoms with Crippen LogP contribution < -0.4 is 5.32 Å². The van der Waals surface area contributed by atoms with Crippen molar-refractivity contribution in [2.45, 2.75) is 33.6 Å². The van der Waals surface area contributed by atoms with Crippen LogP contribution in [0.1, 0.15) is 33.6 Å². The van der Waals surface area contributed by atoms with Gasteiger partial charge in [0.05, 0.1) is 19.8 Å². The first-order valence-electron chi connectivity index (χ1n) is 6.17. The second-order valence-corrected chi connectivity index (χ2v) is 5.48. The first kappa shape index (κ1) is 13.5. The van der Waals surface area contributed by atoms with Gasteiger partial charge in [0.2, 0.25) is 0 Å². The zero-order valence-corrected chi connectivity index (χ0v) is 10.8. The molecule has 0 saturated carbocycles. The molecule has 3 heteroatoms. The standard InChI is InChI=1S/C13H25NO2/c1-11-8-12(10-13(2,3)9-11)14-4-6-16-7-5-15/h8,11,14-15H,4-7,9-10H2,1-3H3. The number of rotatable bonds is 6. The Hall–Kier alpha value is -0.540. The van der Waals surface area contributed by atoms with Crippen LogP contribution >= 0.6 is 0 Å². The third-order valence-corrected chi connectivity index (χ3v) is 2.86. The summed E-state index contributed by atoms with van der Waals surface area (Å²) in [5.41, 5.74) is 1.75. The number of aliphatic hydroxyl groups is 1. The fourth-order valence-electron chi connectivity index (χ4n) is 2.49. The minimum Gasteiger partial charge on any atom is -0.394 e. The van der Waals surface area contributed by atoms with Gasteiger partial charge in [-0.3, -0.25) is 0 Å². The van der Waals surface area contributed by atoms with Crippen LogP contribution in [0.3, 0.4) is 0 Å². The predicted octanol–water partition coefficient (Wildman–Crippen LogP) is 1.92. The molecule has 0 radical (unpaired) electrons. The van der Waals surface area contributed by atoms with E-state index in [9.17, 15) is 0 Å². The summed E-state index contributed by atoms with van der Waals surface area (Å²) in [4.78, 5) is 0. The van der Waals surface area contributed by atoms with E-state index in [4.69, 9.17) is 9.84 Å². The molecule has 0 saturated heterocycles. The monoisotopic (exact) mass is 227 g/mol. The average Bonchev–Trinajstić information content (AvgIpc) is 2.14. The van der Waals surface area contributed by atoms with Crippen molar-refractivity contribution in [3.63, 3.8) is 0 Å². The van der Waals surface area contributed by atoms with Gasteiger partial charge in [0.1, 0.15) is 0 Å². The van der Waals surface area contributed by atoms with E-state index in [0.717, 1.165) is 13.0 Å². The molecule has 0 aromatic heterocycles. The lowest BCUT2D eigenvalue weighted by Crippen LogP contribution is -2.28. The number of allylic oxidation sites excluding steroid dienone is 2. The van der Waals surface area contributed by atoms with Crippen LogP contribution in [0.25, 0.3) is 0 Å². The number of aliphatic hydroxyl groups excluding tert-OH is 1. The summed E-state index contributed by atoms with van der Waals surface area (Å²) in [6, 6.07) is 0. The molecule has 0 aromatic rings. The fraction of sp³-hybridized carbons (Fsp3) is 0.846. The molecule has 1 aliphatic carbocycles. The highest BCUT2D eigenvalue weighted by Gasteiger charge is 2.26. The van der Waals surface area contributed by atoms with Crippen molar-refractivity contribution in [3.8, 4) is 0 Å². The summed E-state index contributed by atoms with van der Waals surface area (Å²) >= 11 is 0. The van der Waals surface area contributed by atoms with Gasteiger partial charge >= 0.3 is 0 Å². The van der Waals surface area contributed by atoms with Crippen molar-refractivity contribution >= 4 is 0 Å². The van der Waals surface area contributed by atoms with Gasteiger partial charge in [0.15, 0.2) is 0 Å². The van der Waals surface area contributed by atoms with E-state index < -0.39 is 0 Å². The van der Waals surface area contributed by atoms with Gasteiger partial charge < -0.3 is 15.2 Å². The zero-order valence-electron chi connectivity index (χ0n) is 10.8. The number of hydrogen-bond donors (Lipinski definition) is 2. The van der Waals surface area contributed by atoms with E-state index >= 15 is 0 Å². The molecule has 0 aliphatic heterocycles. The van der Waals surface area contributed by atoms with E-state index in [-0.39, 0.29) is 6.61 Å². The van der Waals surface area contributed by atoms with Crippen LogP contribution in [-0.2, 0) is 4.74 Å². The van der Waals surface area contributed by atoms with E-state index in [1.165, 1.54) is 12.1 Å². The first-order chi connectivity index (χ1) is 7.53.